The van der Waals surface area contributed by atoms with E-state index in [0.717, 1.165) is 11.5 Å². The van der Waals surface area contributed by atoms with Gasteiger partial charge in [0.25, 0.3) is 0 Å². The van der Waals surface area contributed by atoms with Gasteiger partial charge in [-0.2, -0.15) is 0 Å². The molecule has 0 aliphatic carbocycles. The Morgan fingerprint density at radius 3 is 2.56 bits per heavy atom. The first kappa shape index (κ1) is 6.81. The first-order valence-corrected chi connectivity index (χ1v) is 3.93. The van der Waals surface area contributed by atoms with E-state index in [1.165, 1.54) is 11.8 Å². The minimum atomic E-state index is -0.0290. The zero-order valence-electron chi connectivity index (χ0n) is 5.55. The maximum atomic E-state index is 10.5. The molecule has 0 saturated carbocycles. The zero-order valence-corrected chi connectivity index (χ0v) is 6.36. The number of hydrogen-bond donors (Lipinski definition) is 0. The molecule has 0 radical (unpaired) electrons. The van der Waals surface area contributed by atoms with Gasteiger partial charge in [-0.15, -0.1) is 0 Å². The van der Waals surface area contributed by atoms with Crippen molar-refractivity contribution in [3.05, 3.63) is 0 Å². The molecule has 0 fully saturated rings. The van der Waals surface area contributed by atoms with Crippen LogP contribution in [0.25, 0.3) is 0 Å². The first-order valence-electron chi connectivity index (χ1n) is 2.94. The summed E-state index contributed by atoms with van der Waals surface area (Å²) < 4.78 is 0. The smallest absolute Gasteiger partial charge is 0.259 e. The van der Waals surface area contributed by atoms with E-state index in [-0.39, 0.29) is 5.24 Å². The molecule has 0 saturated heterocycles. The molecule has 0 atom stereocenters. The second kappa shape index (κ2) is 2.52. The summed E-state index contributed by atoms with van der Waals surface area (Å²) in [6.07, 6.45) is 0. The number of amides is 1. The third-order valence-electron chi connectivity index (χ3n) is 1.24. The summed E-state index contributed by atoms with van der Waals surface area (Å²) in [5.74, 6) is 1.24. The second-order valence-electron chi connectivity index (χ2n) is 2.31. The van der Waals surface area contributed by atoms with Crippen molar-refractivity contribution in [1.82, 2.24) is 0 Å². The Hall–Kier alpha value is -0.310. The summed E-state index contributed by atoms with van der Waals surface area (Å²) >= 11 is 1.29. The minimum Gasteiger partial charge on any atom is -0.259 e. The lowest BCUT2D eigenvalue weighted by molar-refractivity contribution is 0.268. The maximum absolute atomic E-state index is 10.5. The Balaban J connectivity index is 2.62. The molecule has 1 aliphatic heterocycles. The highest BCUT2D eigenvalue weighted by molar-refractivity contribution is 8.14. The fraction of sp³-hybridized carbons (Fsp3) is 0.667. The Kier molecular flexibility index (Phi) is 1.90. The average molecular weight is 143 g/mol. The Morgan fingerprint density at radius 1 is 1.67 bits per heavy atom. The van der Waals surface area contributed by atoms with Gasteiger partial charge in [0.15, 0.2) is 0 Å². The van der Waals surface area contributed by atoms with E-state index in [1.807, 2.05) is 0 Å². The fourth-order valence-electron chi connectivity index (χ4n) is 0.613. The zero-order chi connectivity index (χ0) is 6.85. The van der Waals surface area contributed by atoms with Crippen LogP contribution in [0.2, 0.25) is 0 Å². The van der Waals surface area contributed by atoms with Crippen molar-refractivity contribution in [1.29, 1.82) is 0 Å². The first-order chi connectivity index (χ1) is 4.20. The molecule has 1 aliphatic rings. The number of aliphatic imine (C=N–C) groups is 1. The number of rotatable bonds is 1. The van der Waals surface area contributed by atoms with Gasteiger partial charge in [0.1, 0.15) is 0 Å². The maximum Gasteiger partial charge on any atom is 0.305 e. The lowest BCUT2D eigenvalue weighted by Crippen LogP contribution is -2.05. The number of carbonyl (C=O) groups is 1. The monoisotopic (exact) mass is 143 g/mol. The molecular weight excluding hydrogens is 134 g/mol. The predicted molar refractivity (Wildman–Crippen MR) is 40.1 cm³/mol. The highest BCUT2D eigenvalue weighted by Crippen LogP contribution is 2.17. The van der Waals surface area contributed by atoms with E-state index >= 15 is 0 Å². The van der Waals surface area contributed by atoms with Crippen LogP contribution in [0.15, 0.2) is 4.99 Å². The molecular formula is C6H9NOS. The molecule has 0 bridgehead atoms. The fourth-order valence-corrected chi connectivity index (χ4v) is 1.46. The lowest BCUT2D eigenvalue weighted by atomic mass is 10.1. The van der Waals surface area contributed by atoms with E-state index in [1.54, 1.807) is 0 Å². The second-order valence-corrected chi connectivity index (χ2v) is 3.24. The van der Waals surface area contributed by atoms with Gasteiger partial charge in [-0.3, -0.25) is 4.79 Å². The van der Waals surface area contributed by atoms with Gasteiger partial charge in [-0.1, -0.05) is 25.6 Å². The Bertz CT molecular complexity index is 162. The van der Waals surface area contributed by atoms with Crippen LogP contribution >= 0.6 is 11.8 Å². The quantitative estimate of drug-likeness (QED) is 0.561. The average Bonchev–Trinajstić information content (AvgIpc) is 2.14. The van der Waals surface area contributed by atoms with Gasteiger partial charge < -0.3 is 0 Å². The van der Waals surface area contributed by atoms with Crippen molar-refractivity contribution in [3.63, 3.8) is 0 Å². The topological polar surface area (TPSA) is 29.4 Å². The third kappa shape index (κ3) is 1.55. The molecule has 0 aromatic heterocycles. The van der Waals surface area contributed by atoms with Gasteiger partial charge in [0, 0.05) is 11.5 Å². The summed E-state index contributed by atoms with van der Waals surface area (Å²) in [5, 5.41) is -0.0290. The SMILES string of the molecule is CC(C)C1=NC(=O)SC1. The standard InChI is InChI=1S/C6H9NOS/c1-4(2)5-3-9-6(8)7-5/h4H,3H2,1-2H3. The van der Waals surface area contributed by atoms with E-state index < -0.39 is 0 Å². The molecule has 3 heteroatoms. The summed E-state index contributed by atoms with van der Waals surface area (Å²) in [6, 6.07) is 0. The molecule has 0 N–H and O–H groups in total. The number of nitrogens with zero attached hydrogens (tertiary/aromatic N) is 1. The molecule has 0 aromatic rings. The van der Waals surface area contributed by atoms with Gasteiger partial charge in [0.05, 0.1) is 0 Å². The molecule has 0 unspecified atom stereocenters. The third-order valence-corrected chi connectivity index (χ3v) is 2.02. The van der Waals surface area contributed by atoms with Crippen molar-refractivity contribution in [2.75, 3.05) is 5.75 Å². The van der Waals surface area contributed by atoms with E-state index in [2.05, 4.69) is 18.8 Å². The number of carbonyl (C=O) groups excluding carboxylic acids is 1. The lowest BCUT2D eigenvalue weighted by Gasteiger charge is -1.98. The molecule has 0 spiro atoms. The summed E-state index contributed by atoms with van der Waals surface area (Å²) in [4.78, 5) is 14.4. The van der Waals surface area contributed by atoms with Crippen LogP contribution in [0.4, 0.5) is 4.79 Å². The van der Waals surface area contributed by atoms with Gasteiger partial charge >= 0.3 is 5.24 Å². The van der Waals surface area contributed by atoms with E-state index in [0.29, 0.717) is 5.92 Å². The van der Waals surface area contributed by atoms with E-state index in [4.69, 9.17) is 0 Å². The van der Waals surface area contributed by atoms with Gasteiger partial charge in [-0.05, 0) is 5.92 Å². The van der Waals surface area contributed by atoms with Crippen LogP contribution in [0.3, 0.4) is 0 Å². The summed E-state index contributed by atoms with van der Waals surface area (Å²) in [6.45, 7) is 4.11. The van der Waals surface area contributed by atoms with Crippen molar-refractivity contribution >= 4 is 22.7 Å². The minimum absolute atomic E-state index is 0.0290. The molecule has 1 heterocycles. The highest BCUT2D eigenvalue weighted by Gasteiger charge is 2.16. The molecule has 0 aromatic carbocycles. The van der Waals surface area contributed by atoms with Gasteiger partial charge in [-0.25, -0.2) is 4.99 Å². The van der Waals surface area contributed by atoms with Crippen LogP contribution in [0.5, 0.6) is 0 Å². The van der Waals surface area contributed by atoms with Crippen molar-refractivity contribution in [2.24, 2.45) is 10.9 Å². The molecule has 9 heavy (non-hydrogen) atoms. The van der Waals surface area contributed by atoms with Crippen LogP contribution in [0.1, 0.15) is 13.8 Å². The Labute approximate surface area is 58.7 Å². The number of thioether (sulfide) groups is 1. The van der Waals surface area contributed by atoms with Crippen LogP contribution in [0, 0.1) is 5.92 Å². The van der Waals surface area contributed by atoms with Crippen molar-refractivity contribution in [2.45, 2.75) is 13.8 Å². The van der Waals surface area contributed by atoms with Crippen molar-refractivity contribution < 1.29 is 4.79 Å². The number of hydrogen-bond acceptors (Lipinski definition) is 2. The van der Waals surface area contributed by atoms with Crippen LogP contribution in [-0.4, -0.2) is 16.7 Å². The molecule has 1 amide bonds. The summed E-state index contributed by atoms with van der Waals surface area (Å²) in [7, 11) is 0. The van der Waals surface area contributed by atoms with Crippen molar-refractivity contribution in [3.8, 4) is 0 Å². The van der Waals surface area contributed by atoms with Crippen LogP contribution in [-0.2, 0) is 0 Å². The largest absolute Gasteiger partial charge is 0.305 e. The van der Waals surface area contributed by atoms with Gasteiger partial charge in [0.2, 0.25) is 0 Å². The Morgan fingerprint density at radius 2 is 2.33 bits per heavy atom. The predicted octanol–water partition coefficient (Wildman–Crippen LogP) is 1.95. The van der Waals surface area contributed by atoms with Crippen LogP contribution < -0.4 is 0 Å². The molecule has 50 valence electrons. The van der Waals surface area contributed by atoms with E-state index in [9.17, 15) is 4.79 Å². The molecule has 1 rings (SSSR count). The molecule has 2 nitrogen and oxygen atoms in total. The summed E-state index contributed by atoms with van der Waals surface area (Å²) in [5.41, 5.74) is 1.03. The highest BCUT2D eigenvalue weighted by atomic mass is 32.2. The normalized spacial score (nSPS) is 19.0.